The van der Waals surface area contributed by atoms with Crippen LogP contribution in [0.25, 0.3) is 16.1 Å². The molecule has 2 heterocycles. The molecular weight excluding hydrogens is 278 g/mol. The smallest absolute Gasteiger partial charge is 0.113 e. The fourth-order valence-corrected chi connectivity index (χ4v) is 3.68. The Bertz CT molecular complexity index is 795. The third-order valence-electron chi connectivity index (χ3n) is 4.32. The predicted molar refractivity (Wildman–Crippen MR) is 90.7 cm³/mol. The van der Waals surface area contributed by atoms with Gasteiger partial charge in [-0.3, -0.25) is 0 Å². The number of allylic oxidation sites excluding steroid dienone is 4. The predicted octanol–water partition coefficient (Wildman–Crippen LogP) is 4.85. The lowest BCUT2D eigenvalue weighted by Crippen LogP contribution is -2.03. The van der Waals surface area contributed by atoms with Gasteiger partial charge >= 0.3 is 0 Å². The molecule has 0 saturated heterocycles. The molecule has 3 rings (SSSR count). The van der Waals surface area contributed by atoms with Gasteiger partial charge in [0.25, 0.3) is 0 Å². The first kappa shape index (κ1) is 14.1. The number of para-hydroxylation sites is 1. The van der Waals surface area contributed by atoms with Gasteiger partial charge in [0.05, 0.1) is 5.52 Å². The van der Waals surface area contributed by atoms with E-state index in [1.165, 1.54) is 16.1 Å². The summed E-state index contributed by atoms with van der Waals surface area (Å²) in [5.74, 6) is 0.366. The molecule has 1 aliphatic rings. The molecule has 1 atom stereocenters. The van der Waals surface area contributed by atoms with Crippen molar-refractivity contribution in [1.29, 1.82) is 0 Å². The largest absolute Gasteiger partial charge is 0.206 e. The van der Waals surface area contributed by atoms with E-state index in [2.05, 4.69) is 50.7 Å². The first-order chi connectivity index (χ1) is 10.0. The Morgan fingerprint density at radius 2 is 1.90 bits per heavy atom. The highest BCUT2D eigenvalue weighted by Gasteiger charge is 2.23. The highest BCUT2D eigenvalue weighted by Crippen LogP contribution is 2.43. The summed E-state index contributed by atoms with van der Waals surface area (Å²) in [6, 6.07) is 8.05. The minimum atomic E-state index is 0.366. The summed E-state index contributed by atoms with van der Waals surface area (Å²) >= 11 is 1.76. The fraction of sp³-hybridized carbons (Fsp3) is 0.294. The lowest BCUT2D eigenvalue weighted by molar-refractivity contribution is 0.803. The number of hydrogen-bond acceptors (Lipinski definition) is 3. The molecule has 0 bridgehead atoms. The highest BCUT2D eigenvalue weighted by atomic mass is 32.2. The molecule has 1 aliphatic heterocycles. The Kier molecular flexibility index (Phi) is 3.49. The van der Waals surface area contributed by atoms with Crippen LogP contribution in [0.15, 0.2) is 52.5 Å². The van der Waals surface area contributed by atoms with Crippen LogP contribution in [-0.4, -0.2) is 15.0 Å². The Labute approximate surface area is 129 Å². The van der Waals surface area contributed by atoms with Crippen molar-refractivity contribution in [2.24, 2.45) is 5.92 Å². The molecule has 1 unspecified atom stereocenters. The fourth-order valence-electron chi connectivity index (χ4n) is 2.55. The zero-order chi connectivity index (χ0) is 15.1. The summed E-state index contributed by atoms with van der Waals surface area (Å²) in [6.07, 6.45) is 0. The zero-order valence-corrected chi connectivity index (χ0v) is 13.7. The second-order valence-electron chi connectivity index (χ2n) is 5.51. The molecule has 0 radical (unpaired) electrons. The molecule has 3 nitrogen and oxygen atoms in total. The number of nitrogens with zero attached hydrogens (tertiary/aromatic N) is 3. The lowest BCUT2D eigenvalue weighted by atomic mass is 9.90. The van der Waals surface area contributed by atoms with Crippen LogP contribution >= 0.6 is 11.8 Å². The topological polar surface area (TPSA) is 30.7 Å². The molecule has 0 aliphatic carbocycles. The van der Waals surface area contributed by atoms with Gasteiger partial charge in [-0.25, -0.2) is 4.68 Å². The summed E-state index contributed by atoms with van der Waals surface area (Å²) < 4.78 is 1.94. The monoisotopic (exact) mass is 297 g/mol. The van der Waals surface area contributed by atoms with Gasteiger partial charge in [0.15, 0.2) is 0 Å². The van der Waals surface area contributed by atoms with Gasteiger partial charge in [0.2, 0.25) is 0 Å². The number of benzene rings is 1. The van der Waals surface area contributed by atoms with Gasteiger partial charge in [-0.05, 0) is 49.0 Å². The molecule has 21 heavy (non-hydrogen) atoms. The van der Waals surface area contributed by atoms with Gasteiger partial charge < -0.3 is 0 Å². The van der Waals surface area contributed by atoms with Crippen molar-refractivity contribution in [2.45, 2.75) is 27.7 Å². The average Bonchev–Trinajstić information content (AvgIpc) is 2.90. The van der Waals surface area contributed by atoms with Crippen LogP contribution in [0.4, 0.5) is 0 Å². The van der Waals surface area contributed by atoms with E-state index in [0.717, 1.165) is 21.6 Å². The van der Waals surface area contributed by atoms with Crippen molar-refractivity contribution in [3.05, 3.63) is 52.5 Å². The van der Waals surface area contributed by atoms with E-state index in [9.17, 15) is 0 Å². The summed E-state index contributed by atoms with van der Waals surface area (Å²) in [5, 5.41) is 9.73. The highest BCUT2D eigenvalue weighted by molar-refractivity contribution is 8.11. The first-order valence-electron chi connectivity index (χ1n) is 7.06. The second-order valence-corrected chi connectivity index (χ2v) is 6.71. The molecule has 2 aromatic rings. The Morgan fingerprint density at radius 3 is 2.67 bits per heavy atom. The molecule has 0 amide bonds. The molecule has 0 N–H and O–H groups in total. The van der Waals surface area contributed by atoms with Gasteiger partial charge in [-0.1, -0.05) is 48.2 Å². The van der Waals surface area contributed by atoms with E-state index in [1.807, 2.05) is 22.9 Å². The molecule has 1 aromatic carbocycles. The van der Waals surface area contributed by atoms with Crippen LogP contribution in [0.3, 0.4) is 0 Å². The van der Waals surface area contributed by atoms with Crippen molar-refractivity contribution >= 4 is 27.8 Å². The minimum Gasteiger partial charge on any atom is -0.206 e. The van der Waals surface area contributed by atoms with Crippen molar-refractivity contribution in [1.82, 2.24) is 15.0 Å². The summed E-state index contributed by atoms with van der Waals surface area (Å²) in [4.78, 5) is 1.31. The normalized spacial score (nSPS) is 20.4. The summed E-state index contributed by atoms with van der Waals surface area (Å²) in [7, 11) is 0. The van der Waals surface area contributed by atoms with Crippen molar-refractivity contribution < 1.29 is 0 Å². The number of rotatable bonds is 1. The van der Waals surface area contributed by atoms with Gasteiger partial charge in [0, 0.05) is 5.92 Å². The number of fused-ring (bicyclic) bond motifs is 1. The zero-order valence-electron chi connectivity index (χ0n) is 12.8. The van der Waals surface area contributed by atoms with Crippen LogP contribution < -0.4 is 0 Å². The Balaban J connectivity index is 2.23. The van der Waals surface area contributed by atoms with E-state index in [1.54, 1.807) is 11.8 Å². The van der Waals surface area contributed by atoms with Gasteiger partial charge in [-0.2, -0.15) is 0 Å². The van der Waals surface area contributed by atoms with Crippen LogP contribution in [0.2, 0.25) is 0 Å². The molecule has 1 aromatic heterocycles. The number of aromatic nitrogens is 3. The average molecular weight is 297 g/mol. The van der Waals surface area contributed by atoms with E-state index >= 15 is 0 Å². The second kappa shape index (κ2) is 5.19. The van der Waals surface area contributed by atoms with Crippen LogP contribution in [0.5, 0.6) is 0 Å². The van der Waals surface area contributed by atoms with Crippen LogP contribution in [0.1, 0.15) is 27.7 Å². The van der Waals surface area contributed by atoms with Gasteiger partial charge in [0.1, 0.15) is 10.5 Å². The third kappa shape index (κ3) is 2.23. The number of hydrogen-bond donors (Lipinski definition) is 0. The Morgan fingerprint density at radius 1 is 1.19 bits per heavy atom. The van der Waals surface area contributed by atoms with E-state index in [-0.39, 0.29) is 0 Å². The summed E-state index contributed by atoms with van der Waals surface area (Å²) in [5.41, 5.74) is 5.68. The maximum atomic E-state index is 4.35. The van der Waals surface area contributed by atoms with Crippen molar-refractivity contribution in [3.63, 3.8) is 0 Å². The van der Waals surface area contributed by atoms with E-state index in [4.69, 9.17) is 0 Å². The Hall–Kier alpha value is -1.81. The minimum absolute atomic E-state index is 0.366. The SMILES string of the molecule is C=C1C(C)=C(n2nnc3ccccc32)SC(C)=C(C)C1C. The van der Waals surface area contributed by atoms with Gasteiger partial charge in [-0.15, -0.1) is 5.10 Å². The van der Waals surface area contributed by atoms with E-state index < -0.39 is 0 Å². The molecular formula is C17H19N3S. The molecule has 108 valence electrons. The first-order valence-corrected chi connectivity index (χ1v) is 7.88. The standard InChI is InChI=1S/C17H19N3S/c1-10-11(2)13(4)17(21-14(5)12(10)3)20-16-9-7-6-8-15(16)18-19-20/h6-10H,2H2,1,3-5H3. The molecule has 0 saturated carbocycles. The third-order valence-corrected chi connectivity index (χ3v) is 5.62. The van der Waals surface area contributed by atoms with Crippen LogP contribution in [0, 0.1) is 5.92 Å². The van der Waals surface area contributed by atoms with Crippen molar-refractivity contribution in [3.8, 4) is 0 Å². The van der Waals surface area contributed by atoms with E-state index in [0.29, 0.717) is 5.92 Å². The quantitative estimate of drug-likeness (QED) is 0.753. The lowest BCUT2D eigenvalue weighted by Gasteiger charge is -2.15. The maximum absolute atomic E-state index is 4.35. The molecule has 0 fully saturated rings. The molecule has 4 heteroatoms. The summed E-state index contributed by atoms with van der Waals surface area (Å²) in [6.45, 7) is 13.0. The molecule has 0 spiro atoms. The number of thioether (sulfide) groups is 1. The van der Waals surface area contributed by atoms with Crippen molar-refractivity contribution in [2.75, 3.05) is 0 Å². The van der Waals surface area contributed by atoms with Crippen LogP contribution in [-0.2, 0) is 0 Å². The maximum Gasteiger partial charge on any atom is 0.113 e.